The van der Waals surface area contributed by atoms with Gasteiger partial charge < -0.3 is 14.6 Å². The molecule has 1 aliphatic rings. The fourth-order valence-corrected chi connectivity index (χ4v) is 2.76. The molecular weight excluding hydrogens is 340 g/mol. The molecule has 0 radical (unpaired) electrons. The molecule has 1 unspecified atom stereocenters. The Kier molecular flexibility index (Phi) is 4.65. The fraction of sp³-hybridized carbons (Fsp3) is 0.357. The topological polar surface area (TPSA) is 84.7 Å². The van der Waals surface area contributed by atoms with Crippen molar-refractivity contribution in [1.29, 1.82) is 0 Å². The molecule has 122 valence electrons. The highest BCUT2D eigenvalue weighted by molar-refractivity contribution is 7.71. The first-order valence-electron chi connectivity index (χ1n) is 7.00. The van der Waals surface area contributed by atoms with Crippen LogP contribution in [0.15, 0.2) is 17.2 Å². The SMILES string of the molecule is COc1cc(/C=N\n2c(C3CCCO3)n[nH]c2=S)cc(Cl)c1O. The third kappa shape index (κ3) is 3.24. The zero-order valence-electron chi connectivity index (χ0n) is 12.3. The van der Waals surface area contributed by atoms with E-state index < -0.39 is 0 Å². The number of nitrogens with zero attached hydrogens (tertiary/aromatic N) is 3. The quantitative estimate of drug-likeness (QED) is 0.651. The number of phenolic OH excluding ortho intramolecular Hbond substituents is 1. The molecule has 0 bridgehead atoms. The molecule has 2 aromatic rings. The molecule has 2 heterocycles. The number of H-pyrrole nitrogens is 1. The zero-order chi connectivity index (χ0) is 16.4. The fourth-order valence-electron chi connectivity index (χ4n) is 2.35. The summed E-state index contributed by atoms with van der Waals surface area (Å²) in [7, 11) is 1.45. The molecular formula is C14H15ClN4O3S. The van der Waals surface area contributed by atoms with Crippen molar-refractivity contribution in [1.82, 2.24) is 14.9 Å². The molecule has 1 aromatic carbocycles. The van der Waals surface area contributed by atoms with Crippen LogP contribution in [0.3, 0.4) is 0 Å². The van der Waals surface area contributed by atoms with Crippen LogP contribution in [-0.2, 0) is 4.74 Å². The number of rotatable bonds is 4. The van der Waals surface area contributed by atoms with Gasteiger partial charge in [-0.1, -0.05) is 11.6 Å². The summed E-state index contributed by atoms with van der Waals surface area (Å²) < 4.78 is 12.6. The van der Waals surface area contributed by atoms with Crippen molar-refractivity contribution < 1.29 is 14.6 Å². The number of aromatic hydroxyl groups is 1. The molecule has 1 fully saturated rings. The Morgan fingerprint density at radius 3 is 3.13 bits per heavy atom. The maximum absolute atomic E-state index is 9.75. The van der Waals surface area contributed by atoms with Crippen LogP contribution in [-0.4, -0.2) is 39.9 Å². The Morgan fingerprint density at radius 2 is 2.43 bits per heavy atom. The lowest BCUT2D eigenvalue weighted by Gasteiger charge is -2.08. The molecule has 3 rings (SSSR count). The van der Waals surface area contributed by atoms with Crippen molar-refractivity contribution in [3.8, 4) is 11.5 Å². The van der Waals surface area contributed by atoms with Crippen LogP contribution in [0.2, 0.25) is 5.02 Å². The number of methoxy groups -OCH3 is 1. The predicted molar refractivity (Wildman–Crippen MR) is 88.0 cm³/mol. The number of phenols is 1. The van der Waals surface area contributed by atoms with E-state index in [1.165, 1.54) is 11.8 Å². The number of nitrogens with one attached hydrogen (secondary N) is 1. The van der Waals surface area contributed by atoms with Gasteiger partial charge in [0.1, 0.15) is 6.10 Å². The van der Waals surface area contributed by atoms with Crippen LogP contribution in [0, 0.1) is 4.77 Å². The molecule has 1 atom stereocenters. The first-order chi connectivity index (χ1) is 11.1. The predicted octanol–water partition coefficient (Wildman–Crippen LogP) is 3.04. The normalized spacial score (nSPS) is 17.9. The molecule has 1 aromatic heterocycles. The number of hydrogen-bond acceptors (Lipinski definition) is 6. The third-order valence-corrected chi connectivity index (χ3v) is 4.04. The summed E-state index contributed by atoms with van der Waals surface area (Å²) in [6, 6.07) is 3.21. The first kappa shape index (κ1) is 16.0. The molecule has 0 spiro atoms. The summed E-state index contributed by atoms with van der Waals surface area (Å²) in [6.07, 6.45) is 3.32. The van der Waals surface area contributed by atoms with Gasteiger partial charge in [0.2, 0.25) is 4.77 Å². The lowest BCUT2D eigenvalue weighted by molar-refractivity contribution is 0.102. The Hall–Kier alpha value is -1.90. The summed E-state index contributed by atoms with van der Waals surface area (Å²) in [6.45, 7) is 0.707. The molecule has 0 amide bonds. The molecule has 23 heavy (non-hydrogen) atoms. The van der Waals surface area contributed by atoms with Gasteiger partial charge in [-0.3, -0.25) is 5.10 Å². The Labute approximate surface area is 142 Å². The number of aromatic nitrogens is 3. The monoisotopic (exact) mass is 354 g/mol. The zero-order valence-corrected chi connectivity index (χ0v) is 13.9. The van der Waals surface area contributed by atoms with Crippen molar-refractivity contribution >= 4 is 30.0 Å². The van der Waals surface area contributed by atoms with Gasteiger partial charge in [-0.05, 0) is 42.8 Å². The van der Waals surface area contributed by atoms with Crippen LogP contribution >= 0.6 is 23.8 Å². The van der Waals surface area contributed by atoms with Crippen molar-refractivity contribution in [3.05, 3.63) is 33.3 Å². The van der Waals surface area contributed by atoms with E-state index in [0.29, 0.717) is 22.8 Å². The molecule has 9 heteroatoms. The van der Waals surface area contributed by atoms with Gasteiger partial charge in [-0.15, -0.1) is 0 Å². The minimum Gasteiger partial charge on any atom is -0.503 e. The molecule has 7 nitrogen and oxygen atoms in total. The smallest absolute Gasteiger partial charge is 0.216 e. The van der Waals surface area contributed by atoms with Gasteiger partial charge in [0.25, 0.3) is 0 Å². The average molecular weight is 355 g/mol. The standard InChI is InChI=1S/C14H15ClN4O3S/c1-21-11-6-8(5-9(15)12(11)20)7-16-19-13(17-18-14(19)23)10-3-2-4-22-10/h5-7,10,20H,2-4H2,1H3,(H,18,23)/b16-7-. The van der Waals surface area contributed by atoms with Gasteiger partial charge in [0, 0.05) is 6.61 Å². The number of ether oxygens (including phenoxy) is 2. The second kappa shape index (κ2) is 6.69. The van der Waals surface area contributed by atoms with Gasteiger partial charge >= 0.3 is 0 Å². The summed E-state index contributed by atoms with van der Waals surface area (Å²) in [5, 5.41) is 21.2. The highest BCUT2D eigenvalue weighted by Gasteiger charge is 2.23. The van der Waals surface area contributed by atoms with E-state index in [2.05, 4.69) is 15.3 Å². The number of halogens is 1. The minimum atomic E-state index is -0.113. The minimum absolute atomic E-state index is 0.105. The van der Waals surface area contributed by atoms with E-state index in [9.17, 15) is 5.11 Å². The largest absolute Gasteiger partial charge is 0.503 e. The molecule has 1 aliphatic heterocycles. The van der Waals surface area contributed by atoms with E-state index in [4.69, 9.17) is 33.3 Å². The third-order valence-electron chi connectivity index (χ3n) is 3.49. The Morgan fingerprint density at radius 1 is 1.61 bits per heavy atom. The van der Waals surface area contributed by atoms with Crippen LogP contribution < -0.4 is 4.74 Å². The van der Waals surface area contributed by atoms with Crippen molar-refractivity contribution in [2.24, 2.45) is 5.10 Å². The highest BCUT2D eigenvalue weighted by Crippen LogP contribution is 2.34. The highest BCUT2D eigenvalue weighted by atomic mass is 35.5. The summed E-state index contributed by atoms with van der Waals surface area (Å²) in [5.74, 6) is 0.806. The van der Waals surface area contributed by atoms with Crippen molar-refractivity contribution in [2.75, 3.05) is 13.7 Å². The number of aromatic amines is 1. The lowest BCUT2D eigenvalue weighted by atomic mass is 10.2. The van der Waals surface area contributed by atoms with Gasteiger partial charge in [0.15, 0.2) is 17.3 Å². The summed E-state index contributed by atoms with van der Waals surface area (Å²) in [5.41, 5.74) is 0.658. The number of hydrogen-bond donors (Lipinski definition) is 2. The maximum atomic E-state index is 9.75. The molecule has 0 aliphatic carbocycles. The van der Waals surface area contributed by atoms with Crippen LogP contribution in [0.4, 0.5) is 0 Å². The Balaban J connectivity index is 1.93. The van der Waals surface area contributed by atoms with E-state index in [-0.39, 0.29) is 22.6 Å². The van der Waals surface area contributed by atoms with Crippen LogP contribution in [0.25, 0.3) is 0 Å². The number of benzene rings is 1. The molecule has 2 N–H and O–H groups in total. The second-order valence-electron chi connectivity index (χ2n) is 5.00. The maximum Gasteiger partial charge on any atom is 0.216 e. The summed E-state index contributed by atoms with van der Waals surface area (Å²) in [4.78, 5) is 0. The van der Waals surface area contributed by atoms with Crippen LogP contribution in [0.1, 0.15) is 30.3 Å². The average Bonchev–Trinajstić information content (AvgIpc) is 3.18. The second-order valence-corrected chi connectivity index (χ2v) is 5.79. The van der Waals surface area contributed by atoms with E-state index in [0.717, 1.165) is 12.8 Å². The van der Waals surface area contributed by atoms with Crippen LogP contribution in [0.5, 0.6) is 11.5 Å². The summed E-state index contributed by atoms with van der Waals surface area (Å²) >= 11 is 11.2. The molecule has 0 saturated carbocycles. The van der Waals surface area contributed by atoms with Crippen molar-refractivity contribution in [2.45, 2.75) is 18.9 Å². The van der Waals surface area contributed by atoms with Gasteiger partial charge in [-0.2, -0.15) is 14.9 Å². The lowest BCUT2D eigenvalue weighted by Crippen LogP contribution is -2.05. The van der Waals surface area contributed by atoms with E-state index >= 15 is 0 Å². The Bertz CT molecular complexity index is 796. The van der Waals surface area contributed by atoms with Crippen molar-refractivity contribution in [3.63, 3.8) is 0 Å². The molecule has 1 saturated heterocycles. The van der Waals surface area contributed by atoms with Gasteiger partial charge in [-0.25, -0.2) is 0 Å². The van der Waals surface area contributed by atoms with E-state index in [1.807, 2.05) is 0 Å². The first-order valence-corrected chi connectivity index (χ1v) is 7.78. The van der Waals surface area contributed by atoms with Gasteiger partial charge in [0.05, 0.1) is 18.3 Å². The van der Waals surface area contributed by atoms with E-state index in [1.54, 1.807) is 18.3 Å².